The summed E-state index contributed by atoms with van der Waals surface area (Å²) in [6.07, 6.45) is 0. The van der Waals surface area contributed by atoms with Gasteiger partial charge in [0.25, 0.3) is 0 Å². The molecule has 0 saturated carbocycles. The van der Waals surface area contributed by atoms with Gasteiger partial charge in [-0.25, -0.2) is 0 Å². The average molecular weight is 388 g/mol. The van der Waals surface area contributed by atoms with E-state index in [2.05, 4.69) is 27.2 Å². The molecule has 2 heterocycles. The molecule has 1 fully saturated rings. The molecular formula is C20H22ClN3O3. The number of hydrogen-bond donors (Lipinski definition) is 1. The molecule has 0 spiro atoms. The molecule has 4 rings (SSSR count). The van der Waals surface area contributed by atoms with Crippen molar-refractivity contribution in [3.8, 4) is 11.5 Å². The van der Waals surface area contributed by atoms with Gasteiger partial charge >= 0.3 is 0 Å². The van der Waals surface area contributed by atoms with E-state index >= 15 is 0 Å². The number of halogens is 1. The van der Waals surface area contributed by atoms with Gasteiger partial charge in [-0.15, -0.1) is 0 Å². The molecule has 7 heteroatoms. The SMILES string of the molecule is O=C(CN1CCN(Cc2ccc(Cl)cc2)CC1)Nc1ccc2c(c1)OCO2. The first-order valence-corrected chi connectivity index (χ1v) is 9.42. The lowest BCUT2D eigenvalue weighted by Crippen LogP contribution is -2.48. The Bertz CT molecular complexity index is 805. The molecule has 0 atom stereocenters. The zero-order valence-electron chi connectivity index (χ0n) is 15.0. The molecule has 6 nitrogen and oxygen atoms in total. The summed E-state index contributed by atoms with van der Waals surface area (Å²) in [5, 5.41) is 3.69. The highest BCUT2D eigenvalue weighted by atomic mass is 35.5. The van der Waals surface area contributed by atoms with E-state index in [0.717, 1.165) is 43.4 Å². The number of benzene rings is 2. The van der Waals surface area contributed by atoms with Crippen LogP contribution in [-0.4, -0.2) is 55.2 Å². The van der Waals surface area contributed by atoms with Crippen LogP contribution in [0, 0.1) is 0 Å². The summed E-state index contributed by atoms with van der Waals surface area (Å²) in [4.78, 5) is 16.9. The van der Waals surface area contributed by atoms with E-state index in [-0.39, 0.29) is 12.7 Å². The van der Waals surface area contributed by atoms with Gasteiger partial charge in [0.15, 0.2) is 11.5 Å². The quantitative estimate of drug-likeness (QED) is 0.855. The van der Waals surface area contributed by atoms with E-state index in [0.29, 0.717) is 18.0 Å². The van der Waals surface area contributed by atoms with Gasteiger partial charge in [0, 0.05) is 49.5 Å². The van der Waals surface area contributed by atoms with Crippen LogP contribution in [-0.2, 0) is 11.3 Å². The summed E-state index contributed by atoms with van der Waals surface area (Å²) in [5.74, 6) is 1.37. The van der Waals surface area contributed by atoms with Crippen molar-refractivity contribution >= 4 is 23.2 Å². The molecule has 0 aromatic heterocycles. The van der Waals surface area contributed by atoms with Crippen LogP contribution in [0.1, 0.15) is 5.56 Å². The van der Waals surface area contributed by atoms with Gasteiger partial charge in [0.2, 0.25) is 12.7 Å². The van der Waals surface area contributed by atoms with Crippen molar-refractivity contribution in [3.63, 3.8) is 0 Å². The Morgan fingerprint density at radius 2 is 1.67 bits per heavy atom. The van der Waals surface area contributed by atoms with E-state index < -0.39 is 0 Å². The van der Waals surface area contributed by atoms with Gasteiger partial charge < -0.3 is 14.8 Å². The van der Waals surface area contributed by atoms with Crippen LogP contribution in [0.2, 0.25) is 5.02 Å². The van der Waals surface area contributed by atoms with Crippen molar-refractivity contribution in [1.82, 2.24) is 9.80 Å². The normalized spacial score (nSPS) is 17.1. The van der Waals surface area contributed by atoms with E-state index in [1.165, 1.54) is 5.56 Å². The number of hydrogen-bond acceptors (Lipinski definition) is 5. The van der Waals surface area contributed by atoms with Crippen LogP contribution in [0.25, 0.3) is 0 Å². The van der Waals surface area contributed by atoms with Gasteiger partial charge in [0.05, 0.1) is 6.54 Å². The molecule has 2 aliphatic rings. The fourth-order valence-corrected chi connectivity index (χ4v) is 3.46. The first-order chi connectivity index (χ1) is 13.2. The van der Waals surface area contributed by atoms with Crippen molar-refractivity contribution in [2.45, 2.75) is 6.54 Å². The Hall–Kier alpha value is -2.28. The lowest BCUT2D eigenvalue weighted by Gasteiger charge is -2.34. The summed E-state index contributed by atoms with van der Waals surface area (Å²) < 4.78 is 10.6. The maximum Gasteiger partial charge on any atom is 0.238 e. The van der Waals surface area contributed by atoms with Crippen molar-refractivity contribution in [2.24, 2.45) is 0 Å². The predicted molar refractivity (Wildman–Crippen MR) is 104 cm³/mol. The molecule has 0 unspecified atom stereocenters. The van der Waals surface area contributed by atoms with E-state index in [1.54, 1.807) is 6.07 Å². The predicted octanol–water partition coefficient (Wildman–Crippen LogP) is 2.83. The summed E-state index contributed by atoms with van der Waals surface area (Å²) >= 11 is 5.94. The van der Waals surface area contributed by atoms with Crippen LogP contribution >= 0.6 is 11.6 Å². The Labute approximate surface area is 163 Å². The summed E-state index contributed by atoms with van der Waals surface area (Å²) in [6.45, 7) is 5.18. The number of carbonyl (C=O) groups is 1. The third-order valence-electron chi connectivity index (χ3n) is 4.81. The molecule has 1 saturated heterocycles. The minimum atomic E-state index is -0.0139. The molecule has 2 aromatic rings. The number of piperazine rings is 1. The maximum absolute atomic E-state index is 12.3. The highest BCUT2D eigenvalue weighted by molar-refractivity contribution is 6.30. The van der Waals surface area contributed by atoms with Gasteiger partial charge in [-0.3, -0.25) is 14.6 Å². The monoisotopic (exact) mass is 387 g/mol. The topological polar surface area (TPSA) is 54.0 Å². The van der Waals surface area contributed by atoms with E-state index in [1.807, 2.05) is 24.3 Å². The van der Waals surface area contributed by atoms with E-state index in [4.69, 9.17) is 21.1 Å². The lowest BCUT2D eigenvalue weighted by molar-refractivity contribution is -0.117. The largest absolute Gasteiger partial charge is 0.454 e. The van der Waals surface area contributed by atoms with Crippen LogP contribution in [0.15, 0.2) is 42.5 Å². The highest BCUT2D eigenvalue weighted by Crippen LogP contribution is 2.34. The van der Waals surface area contributed by atoms with Crippen molar-refractivity contribution in [2.75, 3.05) is 44.8 Å². The smallest absolute Gasteiger partial charge is 0.238 e. The Morgan fingerprint density at radius 1 is 0.963 bits per heavy atom. The Kier molecular flexibility index (Phi) is 5.48. The van der Waals surface area contributed by atoms with Crippen LogP contribution in [0.3, 0.4) is 0 Å². The highest BCUT2D eigenvalue weighted by Gasteiger charge is 2.20. The molecule has 0 aliphatic carbocycles. The van der Waals surface area contributed by atoms with Gasteiger partial charge in [-0.1, -0.05) is 23.7 Å². The standard InChI is InChI=1S/C20H22ClN3O3/c21-16-3-1-15(2-4-16)12-23-7-9-24(10-8-23)13-20(25)22-17-5-6-18-19(11-17)27-14-26-18/h1-6,11H,7-10,12-14H2,(H,22,25). The fourth-order valence-electron chi connectivity index (χ4n) is 3.33. The van der Waals surface area contributed by atoms with Crippen molar-refractivity contribution in [3.05, 3.63) is 53.1 Å². The third kappa shape index (κ3) is 4.71. The molecule has 0 radical (unpaired) electrons. The van der Waals surface area contributed by atoms with Crippen LogP contribution < -0.4 is 14.8 Å². The van der Waals surface area contributed by atoms with E-state index in [9.17, 15) is 4.79 Å². The second-order valence-electron chi connectivity index (χ2n) is 6.79. The molecule has 2 aliphatic heterocycles. The van der Waals surface area contributed by atoms with Gasteiger partial charge in [0.1, 0.15) is 0 Å². The fraction of sp³-hybridized carbons (Fsp3) is 0.350. The maximum atomic E-state index is 12.3. The van der Waals surface area contributed by atoms with Crippen LogP contribution in [0.4, 0.5) is 5.69 Å². The summed E-state index contributed by atoms with van der Waals surface area (Å²) in [5.41, 5.74) is 1.99. The Balaban J connectivity index is 1.23. The zero-order valence-corrected chi connectivity index (χ0v) is 15.7. The minimum absolute atomic E-state index is 0.0139. The molecular weight excluding hydrogens is 366 g/mol. The number of carbonyl (C=O) groups excluding carboxylic acids is 1. The lowest BCUT2D eigenvalue weighted by atomic mass is 10.2. The second kappa shape index (κ2) is 8.17. The number of fused-ring (bicyclic) bond motifs is 1. The van der Waals surface area contributed by atoms with Gasteiger partial charge in [-0.2, -0.15) is 0 Å². The average Bonchev–Trinajstić information content (AvgIpc) is 3.13. The number of amides is 1. The molecule has 142 valence electrons. The van der Waals surface area contributed by atoms with Crippen molar-refractivity contribution in [1.29, 1.82) is 0 Å². The molecule has 27 heavy (non-hydrogen) atoms. The summed E-state index contributed by atoms with van der Waals surface area (Å²) in [6, 6.07) is 13.4. The molecule has 1 amide bonds. The number of anilines is 1. The number of ether oxygens (including phenoxy) is 2. The van der Waals surface area contributed by atoms with Gasteiger partial charge in [-0.05, 0) is 29.8 Å². The van der Waals surface area contributed by atoms with Crippen LogP contribution in [0.5, 0.6) is 11.5 Å². The zero-order chi connectivity index (χ0) is 18.6. The number of nitrogens with zero attached hydrogens (tertiary/aromatic N) is 2. The van der Waals surface area contributed by atoms with Crippen molar-refractivity contribution < 1.29 is 14.3 Å². The number of nitrogens with one attached hydrogen (secondary N) is 1. The Morgan fingerprint density at radius 3 is 2.44 bits per heavy atom. The first-order valence-electron chi connectivity index (χ1n) is 9.04. The third-order valence-corrected chi connectivity index (χ3v) is 5.06. The molecule has 1 N–H and O–H groups in total. The number of rotatable bonds is 5. The summed E-state index contributed by atoms with van der Waals surface area (Å²) in [7, 11) is 0. The molecule has 2 aromatic carbocycles. The molecule has 0 bridgehead atoms. The second-order valence-corrected chi connectivity index (χ2v) is 7.23. The first kappa shape index (κ1) is 18.1. The minimum Gasteiger partial charge on any atom is -0.454 e.